The van der Waals surface area contributed by atoms with Crippen LogP contribution in [-0.4, -0.2) is 36.5 Å². The number of ether oxygens (including phenoxy) is 1. The summed E-state index contributed by atoms with van der Waals surface area (Å²) in [5.41, 5.74) is 6.27. The van der Waals surface area contributed by atoms with Crippen LogP contribution >= 0.6 is 0 Å². The van der Waals surface area contributed by atoms with Crippen molar-refractivity contribution in [3.63, 3.8) is 0 Å². The van der Waals surface area contributed by atoms with Crippen LogP contribution in [0.2, 0.25) is 0 Å². The summed E-state index contributed by atoms with van der Waals surface area (Å²) in [7, 11) is 1.99. The molecule has 0 amide bonds. The van der Waals surface area contributed by atoms with E-state index in [-0.39, 0.29) is 26.5 Å². The molecule has 0 saturated carbocycles. The van der Waals surface area contributed by atoms with Crippen LogP contribution in [-0.2, 0) is 26.5 Å². The van der Waals surface area contributed by atoms with Crippen molar-refractivity contribution in [2.75, 3.05) is 11.9 Å². The number of fused-ring (bicyclic) bond motifs is 3. The molecule has 5 aromatic carbocycles. The summed E-state index contributed by atoms with van der Waals surface area (Å²) in [6.45, 7) is 8.68. The number of aromatic nitrogens is 5. The number of anilines is 1. The molecule has 1 aliphatic heterocycles. The summed E-state index contributed by atoms with van der Waals surface area (Å²) >= 11 is 0. The minimum atomic E-state index is -0.0653. The minimum absolute atomic E-state index is 0. The van der Waals surface area contributed by atoms with Crippen molar-refractivity contribution in [3.05, 3.63) is 164 Å². The van der Waals surface area contributed by atoms with Crippen LogP contribution in [0, 0.1) is 18.8 Å². The van der Waals surface area contributed by atoms with Crippen molar-refractivity contribution < 1.29 is 25.8 Å². The molecule has 0 unspecified atom stereocenters. The zero-order valence-corrected chi connectivity index (χ0v) is 33.0. The van der Waals surface area contributed by atoms with E-state index in [4.69, 9.17) is 24.7 Å². The van der Waals surface area contributed by atoms with Gasteiger partial charge in [-0.25, -0.2) is 19.9 Å². The SMILES string of the molecule is CN1C=CN(c2[c-]c(Oc3[c-]c4c(cc3-c3nc(-c5ccccc5)nc(-c5ccccc5)n3)c3cc(C(C)(C)C)ccc3n4-c3ccccn3)ccc2)[CH-]1.[Pt]. The van der Waals surface area contributed by atoms with Gasteiger partial charge in [0.15, 0.2) is 11.6 Å². The Balaban J connectivity index is 0.00000427. The van der Waals surface area contributed by atoms with Gasteiger partial charge in [0.05, 0.1) is 0 Å². The second kappa shape index (κ2) is 14.6. The summed E-state index contributed by atoms with van der Waals surface area (Å²) < 4.78 is 8.98. The first-order valence-electron chi connectivity index (χ1n) is 17.9. The molecular formula is C46H36N7OPt-3. The molecule has 0 radical (unpaired) electrons. The van der Waals surface area contributed by atoms with Crippen LogP contribution in [0.15, 0.2) is 140 Å². The average Bonchev–Trinajstić information content (AvgIpc) is 3.78. The van der Waals surface area contributed by atoms with E-state index in [0.29, 0.717) is 34.5 Å². The van der Waals surface area contributed by atoms with E-state index < -0.39 is 0 Å². The monoisotopic (exact) mass is 897 g/mol. The van der Waals surface area contributed by atoms with E-state index in [1.54, 1.807) is 0 Å². The first kappa shape index (κ1) is 35.9. The van der Waals surface area contributed by atoms with Gasteiger partial charge < -0.3 is 19.1 Å². The van der Waals surface area contributed by atoms with Crippen molar-refractivity contribution in [1.29, 1.82) is 0 Å². The van der Waals surface area contributed by atoms with Gasteiger partial charge in [-0.3, -0.25) is 0 Å². The number of benzene rings is 5. The Kier molecular flexibility index (Phi) is 9.54. The van der Waals surface area contributed by atoms with Gasteiger partial charge >= 0.3 is 0 Å². The van der Waals surface area contributed by atoms with Gasteiger partial charge in [0.1, 0.15) is 11.6 Å². The summed E-state index contributed by atoms with van der Waals surface area (Å²) in [4.78, 5) is 24.0. The first-order valence-corrected chi connectivity index (χ1v) is 17.9. The fourth-order valence-corrected chi connectivity index (χ4v) is 6.68. The molecule has 8 nitrogen and oxygen atoms in total. The van der Waals surface area contributed by atoms with Crippen molar-refractivity contribution in [2.45, 2.75) is 26.2 Å². The molecule has 0 bridgehead atoms. The zero-order valence-electron chi connectivity index (χ0n) is 30.7. The van der Waals surface area contributed by atoms with Gasteiger partial charge in [-0.1, -0.05) is 105 Å². The Morgan fingerprint density at radius 3 is 2.00 bits per heavy atom. The van der Waals surface area contributed by atoms with Crippen LogP contribution in [0.4, 0.5) is 5.69 Å². The normalized spacial score (nSPS) is 12.7. The van der Waals surface area contributed by atoms with Crippen molar-refractivity contribution >= 4 is 27.5 Å². The minimum Gasteiger partial charge on any atom is -0.510 e. The van der Waals surface area contributed by atoms with E-state index in [0.717, 1.165) is 44.4 Å². The third-order valence-corrected chi connectivity index (χ3v) is 9.47. The van der Waals surface area contributed by atoms with Crippen LogP contribution in [0.25, 0.3) is 61.8 Å². The van der Waals surface area contributed by atoms with Gasteiger partial charge in [0.25, 0.3) is 0 Å². The number of rotatable bonds is 7. The Bertz CT molecular complexity index is 2610. The Morgan fingerprint density at radius 2 is 1.36 bits per heavy atom. The second-order valence-corrected chi connectivity index (χ2v) is 14.3. The predicted molar refractivity (Wildman–Crippen MR) is 215 cm³/mol. The van der Waals surface area contributed by atoms with E-state index in [2.05, 4.69) is 61.7 Å². The van der Waals surface area contributed by atoms with Gasteiger partial charge in [-0.05, 0) is 59.6 Å². The molecule has 8 aromatic rings. The average molecular weight is 898 g/mol. The molecule has 0 fully saturated rings. The molecular weight excluding hydrogens is 862 g/mol. The quantitative estimate of drug-likeness (QED) is 0.148. The third kappa shape index (κ3) is 7.02. The summed E-state index contributed by atoms with van der Waals surface area (Å²) in [5.74, 6) is 3.35. The van der Waals surface area contributed by atoms with Crippen molar-refractivity contribution in [3.8, 4) is 51.5 Å². The fraction of sp³-hybridized carbons (Fsp3) is 0.109. The molecule has 1 aliphatic rings. The standard InChI is InChI=1S/C46H36N7O.Pt/c1-46(2,3)33-21-22-39-36(26-33)37-28-38(45-49-43(31-14-7-5-8-15-31)48-44(50-45)32-16-9-6-10-17-32)41(29-40(37)53(39)42-20-11-12-23-47-42)54-35-19-13-18-34(27-35)52-25-24-51(4)30-52;/h5-26,28,30H,1-4H3;/q-3;. The maximum Gasteiger partial charge on any atom is 0.162 e. The van der Waals surface area contributed by atoms with Gasteiger partial charge in [0.2, 0.25) is 0 Å². The van der Waals surface area contributed by atoms with Crippen molar-refractivity contribution in [1.82, 2.24) is 29.4 Å². The van der Waals surface area contributed by atoms with E-state index >= 15 is 0 Å². The molecule has 0 aliphatic carbocycles. The predicted octanol–water partition coefficient (Wildman–Crippen LogP) is 10.4. The Morgan fingerprint density at radius 1 is 0.673 bits per heavy atom. The molecule has 9 rings (SSSR count). The molecule has 3 aromatic heterocycles. The smallest absolute Gasteiger partial charge is 0.162 e. The second-order valence-electron chi connectivity index (χ2n) is 14.3. The number of nitrogens with zero attached hydrogens (tertiary/aromatic N) is 7. The molecule has 9 heteroatoms. The molecule has 274 valence electrons. The van der Waals surface area contributed by atoms with Crippen molar-refractivity contribution in [2.24, 2.45) is 0 Å². The van der Waals surface area contributed by atoms with Crippen LogP contribution < -0.4 is 9.64 Å². The molecule has 55 heavy (non-hydrogen) atoms. The number of pyridine rings is 1. The van der Waals surface area contributed by atoms with E-state index in [1.165, 1.54) is 5.56 Å². The van der Waals surface area contributed by atoms with Crippen LogP contribution in [0.3, 0.4) is 0 Å². The molecule has 0 saturated heterocycles. The van der Waals surface area contributed by atoms with Gasteiger partial charge in [-0.2, -0.15) is 12.7 Å². The summed E-state index contributed by atoms with van der Waals surface area (Å²) in [6.07, 6.45) is 5.78. The maximum atomic E-state index is 6.83. The maximum absolute atomic E-state index is 6.83. The zero-order chi connectivity index (χ0) is 36.8. The van der Waals surface area contributed by atoms with E-state index in [9.17, 15) is 0 Å². The molecule has 0 spiro atoms. The van der Waals surface area contributed by atoms with Gasteiger partial charge in [0, 0.05) is 55.4 Å². The molecule has 0 N–H and O–H groups in total. The molecule has 0 atom stereocenters. The molecule has 4 heterocycles. The van der Waals surface area contributed by atoms with Gasteiger partial charge in [-0.15, -0.1) is 41.4 Å². The summed E-state index contributed by atoms with van der Waals surface area (Å²) in [5, 5.41) is 2.05. The number of hydrogen-bond acceptors (Lipinski definition) is 7. The van der Waals surface area contributed by atoms with Crippen LogP contribution in [0.5, 0.6) is 11.5 Å². The third-order valence-electron chi connectivity index (χ3n) is 9.47. The van der Waals surface area contributed by atoms with Crippen LogP contribution in [0.1, 0.15) is 26.3 Å². The summed E-state index contributed by atoms with van der Waals surface area (Å²) in [6, 6.07) is 47.7. The fourth-order valence-electron chi connectivity index (χ4n) is 6.68. The topological polar surface area (TPSA) is 72.2 Å². The van der Waals surface area contributed by atoms with E-state index in [1.807, 2.05) is 139 Å². The number of hydrogen-bond donors (Lipinski definition) is 0. The Labute approximate surface area is 335 Å². The first-order chi connectivity index (χ1) is 26.3. The largest absolute Gasteiger partial charge is 0.510 e. The Hall–Kier alpha value is -6.11.